The number of anilines is 1. The number of nitrogens with one attached hydrogen (secondary N) is 1. The molecule has 0 aliphatic heterocycles. The van der Waals surface area contributed by atoms with Crippen LogP contribution in [-0.4, -0.2) is 31.9 Å². The monoisotopic (exact) mass is 343 g/mol. The lowest BCUT2D eigenvalue weighted by molar-refractivity contribution is -0.138. The molecule has 0 aliphatic rings. The summed E-state index contributed by atoms with van der Waals surface area (Å²) in [5.41, 5.74) is -2.50. The molecule has 0 saturated heterocycles. The lowest BCUT2D eigenvalue weighted by atomic mass is 10.2. The molecule has 2 N–H and O–H groups in total. The topological polar surface area (TPSA) is 104 Å². The van der Waals surface area contributed by atoms with E-state index in [9.17, 15) is 27.5 Å². The summed E-state index contributed by atoms with van der Waals surface area (Å²) in [7, 11) is 0. The van der Waals surface area contributed by atoms with Crippen molar-refractivity contribution < 1.29 is 27.5 Å². The molecule has 126 valence electrons. The third kappa shape index (κ3) is 4.05. The first-order chi connectivity index (χ1) is 11.2. The van der Waals surface area contributed by atoms with Gasteiger partial charge in [-0.1, -0.05) is 0 Å². The summed E-state index contributed by atoms with van der Waals surface area (Å²) in [5.74, 6) is -1.71. The normalized spacial score (nSPS) is 12.5. The number of aliphatic hydroxyl groups excluding tert-OH is 1. The second-order valence-corrected chi connectivity index (χ2v) is 4.62. The number of halogens is 4. The maximum absolute atomic E-state index is 12.8. The number of alkyl halides is 3. The zero-order valence-corrected chi connectivity index (χ0v) is 11.8. The van der Waals surface area contributed by atoms with Gasteiger partial charge in [0, 0.05) is 0 Å². The first-order valence-corrected chi connectivity index (χ1v) is 6.35. The van der Waals surface area contributed by atoms with E-state index in [2.05, 4.69) is 10.1 Å². The van der Waals surface area contributed by atoms with Crippen LogP contribution in [0.15, 0.2) is 24.7 Å². The molecule has 11 heteroatoms. The fourth-order valence-electron chi connectivity index (χ4n) is 1.76. The minimum absolute atomic E-state index is 0.350. The standard InChI is InChI=1S/C13H9F4N5O2/c14-7-3-20-22(5-7)6-11(23)12(24)21-8-1-9(13(15,16)17)10(2-18)19-4-8/h1,3-5,11,23H,6H2,(H,21,24)/t11-/m0/s1. The molecule has 2 heterocycles. The van der Waals surface area contributed by atoms with Crippen LogP contribution in [0.1, 0.15) is 11.3 Å². The summed E-state index contributed by atoms with van der Waals surface area (Å²) in [6, 6.07) is 1.83. The Morgan fingerprint density at radius 1 is 1.46 bits per heavy atom. The number of pyridine rings is 1. The van der Waals surface area contributed by atoms with Crippen molar-refractivity contribution in [3.05, 3.63) is 41.7 Å². The van der Waals surface area contributed by atoms with Crippen molar-refractivity contribution in [3.63, 3.8) is 0 Å². The number of aromatic nitrogens is 3. The van der Waals surface area contributed by atoms with Gasteiger partial charge in [0.05, 0.1) is 36.4 Å². The number of rotatable bonds is 4. The molecule has 0 bridgehead atoms. The van der Waals surface area contributed by atoms with Crippen LogP contribution in [0.5, 0.6) is 0 Å². The van der Waals surface area contributed by atoms with E-state index < -0.39 is 41.8 Å². The highest BCUT2D eigenvalue weighted by molar-refractivity contribution is 5.93. The van der Waals surface area contributed by atoms with Crippen LogP contribution in [0.3, 0.4) is 0 Å². The molecule has 2 aromatic rings. The molecule has 1 amide bonds. The third-order valence-electron chi connectivity index (χ3n) is 2.83. The number of carbonyl (C=O) groups is 1. The Kier molecular flexibility index (Phi) is 4.79. The van der Waals surface area contributed by atoms with E-state index in [1.807, 2.05) is 5.32 Å². The molecule has 0 spiro atoms. The molecule has 2 aromatic heterocycles. The van der Waals surface area contributed by atoms with Gasteiger partial charge in [-0.3, -0.25) is 9.48 Å². The Bertz CT molecular complexity index is 796. The molecular formula is C13H9F4N5O2. The van der Waals surface area contributed by atoms with E-state index in [1.54, 1.807) is 0 Å². The van der Waals surface area contributed by atoms with E-state index >= 15 is 0 Å². The highest BCUT2D eigenvalue weighted by Gasteiger charge is 2.35. The Morgan fingerprint density at radius 2 is 2.17 bits per heavy atom. The summed E-state index contributed by atoms with van der Waals surface area (Å²) < 4.78 is 52.1. The van der Waals surface area contributed by atoms with Crippen LogP contribution < -0.4 is 5.32 Å². The van der Waals surface area contributed by atoms with Gasteiger partial charge in [0.2, 0.25) is 0 Å². The summed E-state index contributed by atoms with van der Waals surface area (Å²) in [4.78, 5) is 15.1. The zero-order valence-electron chi connectivity index (χ0n) is 11.8. The largest absolute Gasteiger partial charge is 0.419 e. The smallest absolute Gasteiger partial charge is 0.381 e. The van der Waals surface area contributed by atoms with Crippen LogP contribution >= 0.6 is 0 Å². The van der Waals surface area contributed by atoms with Crippen LogP contribution in [0, 0.1) is 17.1 Å². The Hall–Kier alpha value is -3.00. The number of amides is 1. The number of nitrogens with zero attached hydrogens (tertiary/aromatic N) is 4. The van der Waals surface area contributed by atoms with Gasteiger partial charge in [-0.25, -0.2) is 9.37 Å². The number of aliphatic hydroxyl groups is 1. The molecule has 24 heavy (non-hydrogen) atoms. The van der Waals surface area contributed by atoms with Crippen molar-refractivity contribution in [3.8, 4) is 6.07 Å². The first kappa shape index (κ1) is 17.4. The Labute approximate surface area is 132 Å². The van der Waals surface area contributed by atoms with Gasteiger partial charge in [-0.2, -0.15) is 23.5 Å². The molecular weight excluding hydrogens is 334 g/mol. The SMILES string of the molecule is N#Cc1ncc(NC(=O)[C@@H](O)Cn2cc(F)cn2)cc1C(F)(F)F. The molecule has 0 radical (unpaired) electrons. The lowest BCUT2D eigenvalue weighted by Gasteiger charge is -2.13. The van der Waals surface area contributed by atoms with Crippen LogP contribution in [-0.2, 0) is 17.5 Å². The number of hydrogen-bond acceptors (Lipinski definition) is 5. The van der Waals surface area contributed by atoms with Crippen molar-refractivity contribution in [2.45, 2.75) is 18.8 Å². The number of carbonyl (C=O) groups excluding carboxylic acids is 1. The minimum Gasteiger partial charge on any atom is -0.381 e. The highest BCUT2D eigenvalue weighted by Crippen LogP contribution is 2.32. The van der Waals surface area contributed by atoms with Gasteiger partial charge in [0.25, 0.3) is 5.91 Å². The van der Waals surface area contributed by atoms with Crippen molar-refractivity contribution in [2.24, 2.45) is 0 Å². The average Bonchev–Trinajstić information content (AvgIpc) is 2.91. The quantitative estimate of drug-likeness (QED) is 0.815. The predicted molar refractivity (Wildman–Crippen MR) is 70.8 cm³/mol. The van der Waals surface area contributed by atoms with E-state index in [0.29, 0.717) is 6.07 Å². The van der Waals surface area contributed by atoms with Gasteiger partial charge >= 0.3 is 6.18 Å². The van der Waals surface area contributed by atoms with Crippen LogP contribution in [0.4, 0.5) is 23.2 Å². The molecule has 0 aromatic carbocycles. The fourth-order valence-corrected chi connectivity index (χ4v) is 1.76. The molecule has 0 fully saturated rings. The summed E-state index contributed by atoms with van der Waals surface area (Å²) in [6.07, 6.45) is -3.86. The van der Waals surface area contributed by atoms with Gasteiger partial charge in [-0.05, 0) is 6.07 Å². The summed E-state index contributed by atoms with van der Waals surface area (Å²) >= 11 is 0. The Morgan fingerprint density at radius 3 is 2.71 bits per heavy atom. The average molecular weight is 343 g/mol. The third-order valence-corrected chi connectivity index (χ3v) is 2.83. The van der Waals surface area contributed by atoms with Gasteiger partial charge < -0.3 is 10.4 Å². The fraction of sp³-hybridized carbons (Fsp3) is 0.231. The number of nitriles is 1. The van der Waals surface area contributed by atoms with Crippen LogP contribution in [0.2, 0.25) is 0 Å². The Balaban J connectivity index is 2.12. The van der Waals surface area contributed by atoms with Crippen molar-refractivity contribution in [1.29, 1.82) is 5.26 Å². The highest BCUT2D eigenvalue weighted by atomic mass is 19.4. The summed E-state index contributed by atoms with van der Waals surface area (Å²) in [5, 5.41) is 23.9. The van der Waals surface area contributed by atoms with E-state index in [4.69, 9.17) is 5.26 Å². The maximum atomic E-state index is 12.8. The molecule has 0 unspecified atom stereocenters. The molecule has 2 rings (SSSR count). The van der Waals surface area contributed by atoms with E-state index in [-0.39, 0.29) is 5.69 Å². The van der Waals surface area contributed by atoms with E-state index in [0.717, 1.165) is 23.3 Å². The van der Waals surface area contributed by atoms with Crippen molar-refractivity contribution in [2.75, 3.05) is 5.32 Å². The first-order valence-electron chi connectivity index (χ1n) is 6.35. The predicted octanol–water partition coefficient (Wildman–Crippen LogP) is 1.31. The van der Waals surface area contributed by atoms with E-state index in [1.165, 1.54) is 6.07 Å². The second kappa shape index (κ2) is 6.63. The van der Waals surface area contributed by atoms with Crippen molar-refractivity contribution in [1.82, 2.24) is 14.8 Å². The van der Waals surface area contributed by atoms with Gasteiger partial charge in [-0.15, -0.1) is 0 Å². The number of hydrogen-bond donors (Lipinski definition) is 2. The summed E-state index contributed by atoms with van der Waals surface area (Å²) in [6.45, 7) is -0.397. The molecule has 0 aliphatic carbocycles. The lowest BCUT2D eigenvalue weighted by Crippen LogP contribution is -2.32. The van der Waals surface area contributed by atoms with Gasteiger partial charge in [0.1, 0.15) is 6.07 Å². The molecule has 1 atom stereocenters. The maximum Gasteiger partial charge on any atom is 0.419 e. The van der Waals surface area contributed by atoms with Crippen LogP contribution in [0.25, 0.3) is 0 Å². The molecule has 0 saturated carbocycles. The minimum atomic E-state index is -4.83. The zero-order chi connectivity index (χ0) is 17.9. The second-order valence-electron chi connectivity index (χ2n) is 4.62. The van der Waals surface area contributed by atoms with Crippen molar-refractivity contribution >= 4 is 11.6 Å². The molecule has 7 nitrogen and oxygen atoms in total. The van der Waals surface area contributed by atoms with Gasteiger partial charge in [0.15, 0.2) is 17.6 Å².